The molecule has 3 aromatic rings. The van der Waals surface area contributed by atoms with Crippen molar-refractivity contribution in [2.24, 2.45) is 0 Å². The van der Waals surface area contributed by atoms with Crippen LogP contribution in [0.3, 0.4) is 0 Å². The summed E-state index contributed by atoms with van der Waals surface area (Å²) in [5.41, 5.74) is 1.62. The monoisotopic (exact) mass is 372 g/mol. The summed E-state index contributed by atoms with van der Waals surface area (Å²) >= 11 is 0. The highest BCUT2D eigenvalue weighted by Gasteiger charge is 2.18. The number of nitrogens with zero attached hydrogens (tertiary/aromatic N) is 3. The molecule has 0 aliphatic rings. The fraction of sp³-hybridized carbons (Fsp3) is 0.316. The van der Waals surface area contributed by atoms with Gasteiger partial charge in [0.2, 0.25) is 0 Å². The quantitative estimate of drug-likeness (QED) is 0.673. The summed E-state index contributed by atoms with van der Waals surface area (Å²) in [6.07, 6.45) is 1.41. The van der Waals surface area contributed by atoms with Gasteiger partial charge in [0.05, 0.1) is 12.3 Å². The second kappa shape index (κ2) is 7.71. The number of hydrogen-bond acceptors (Lipinski definition) is 5. The van der Waals surface area contributed by atoms with E-state index in [-0.39, 0.29) is 35.2 Å². The smallest absolute Gasteiger partial charge is 0.343 e. The molecule has 0 saturated heterocycles. The lowest BCUT2D eigenvalue weighted by Crippen LogP contribution is -2.25. The fourth-order valence-corrected chi connectivity index (χ4v) is 2.86. The van der Waals surface area contributed by atoms with Gasteiger partial charge in [0, 0.05) is 24.8 Å². The van der Waals surface area contributed by atoms with E-state index in [9.17, 15) is 14.0 Å². The second-order valence-corrected chi connectivity index (χ2v) is 6.29. The minimum absolute atomic E-state index is 0.0124. The molecule has 142 valence electrons. The van der Waals surface area contributed by atoms with Gasteiger partial charge in [0.15, 0.2) is 5.65 Å². The molecule has 0 radical (unpaired) electrons. The Morgan fingerprint density at radius 2 is 2.07 bits per heavy atom. The van der Waals surface area contributed by atoms with Crippen LogP contribution < -0.4 is 5.56 Å². The molecule has 2 heterocycles. The molecule has 1 N–H and O–H groups in total. The number of rotatable bonds is 6. The van der Waals surface area contributed by atoms with Gasteiger partial charge in [-0.2, -0.15) is 0 Å². The minimum atomic E-state index is -0.534. The molecular formula is C19H21FN4O3. The number of esters is 1. The van der Waals surface area contributed by atoms with E-state index in [0.717, 1.165) is 5.56 Å². The average Bonchev–Trinajstić information content (AvgIpc) is 3.06. The zero-order valence-corrected chi connectivity index (χ0v) is 15.4. The normalized spacial score (nSPS) is 12.5. The first-order valence-electron chi connectivity index (χ1n) is 8.63. The first-order chi connectivity index (χ1) is 12.9. The number of aromatic nitrogens is 3. The molecule has 0 spiro atoms. The topological polar surface area (TPSA) is 79.7 Å². The van der Waals surface area contributed by atoms with Gasteiger partial charge in [0.1, 0.15) is 11.4 Å². The van der Waals surface area contributed by atoms with Gasteiger partial charge in [-0.05, 0) is 38.6 Å². The molecule has 27 heavy (non-hydrogen) atoms. The van der Waals surface area contributed by atoms with E-state index in [2.05, 4.69) is 10.1 Å². The van der Waals surface area contributed by atoms with Crippen LogP contribution in [0.15, 0.2) is 41.3 Å². The summed E-state index contributed by atoms with van der Waals surface area (Å²) in [7, 11) is 1.89. The van der Waals surface area contributed by atoms with Crippen molar-refractivity contribution in [3.05, 3.63) is 69.5 Å². The molecule has 1 aromatic carbocycles. The molecule has 0 amide bonds. The number of carbonyl (C=O) groups excluding carboxylic acids is 1. The van der Waals surface area contributed by atoms with Crippen LogP contribution in [0, 0.1) is 5.82 Å². The molecule has 3 rings (SSSR count). The minimum Gasteiger partial charge on any atom is -0.462 e. The van der Waals surface area contributed by atoms with Gasteiger partial charge in [-0.1, -0.05) is 12.1 Å². The summed E-state index contributed by atoms with van der Waals surface area (Å²) in [5, 5.41) is 2.72. The van der Waals surface area contributed by atoms with Crippen molar-refractivity contribution < 1.29 is 13.9 Å². The maximum Gasteiger partial charge on any atom is 0.343 e. The summed E-state index contributed by atoms with van der Waals surface area (Å²) < 4.78 is 19.3. The number of halogens is 1. The number of nitrogens with one attached hydrogen (secondary N) is 1. The number of fused-ring (bicyclic) bond motifs is 1. The van der Waals surface area contributed by atoms with Crippen molar-refractivity contribution in [1.29, 1.82) is 0 Å². The van der Waals surface area contributed by atoms with E-state index in [1.165, 1.54) is 28.9 Å². The van der Waals surface area contributed by atoms with Gasteiger partial charge in [-0.15, -0.1) is 0 Å². The van der Waals surface area contributed by atoms with Crippen molar-refractivity contribution >= 4 is 11.6 Å². The van der Waals surface area contributed by atoms with E-state index in [1.807, 2.05) is 18.9 Å². The second-order valence-electron chi connectivity index (χ2n) is 6.29. The molecule has 0 bridgehead atoms. The molecule has 8 heteroatoms. The van der Waals surface area contributed by atoms with E-state index in [4.69, 9.17) is 4.74 Å². The Hall–Kier alpha value is -3.00. The third kappa shape index (κ3) is 3.90. The summed E-state index contributed by atoms with van der Waals surface area (Å²) in [6, 6.07) is 7.71. The molecule has 0 saturated carbocycles. The average molecular weight is 372 g/mol. The van der Waals surface area contributed by atoms with Crippen LogP contribution in [-0.2, 0) is 11.3 Å². The first-order valence-corrected chi connectivity index (χ1v) is 8.63. The summed E-state index contributed by atoms with van der Waals surface area (Å²) in [4.78, 5) is 30.8. The van der Waals surface area contributed by atoms with Crippen LogP contribution in [0.2, 0.25) is 0 Å². The largest absolute Gasteiger partial charge is 0.462 e. The molecule has 2 aromatic heterocycles. The van der Waals surface area contributed by atoms with Gasteiger partial charge in [-0.3, -0.25) is 14.8 Å². The van der Waals surface area contributed by atoms with Gasteiger partial charge in [-0.25, -0.2) is 18.7 Å². The van der Waals surface area contributed by atoms with Crippen molar-refractivity contribution in [2.75, 3.05) is 13.7 Å². The number of carbonyl (C=O) groups is 1. The third-order valence-corrected chi connectivity index (χ3v) is 4.47. The maximum atomic E-state index is 13.1. The van der Waals surface area contributed by atoms with Gasteiger partial charge in [0.25, 0.3) is 5.56 Å². The standard InChI is InChI=1S/C19H21FN4O3/c1-4-27-19(26)16-10-21-24-17(25)9-15(22-18(16)24)11-23(3)12(2)13-5-7-14(20)8-6-13/h5-10,12,21H,4,11H2,1-3H3/t12-/m1/s1. The highest BCUT2D eigenvalue weighted by Crippen LogP contribution is 2.20. The number of aromatic amines is 1. The Bertz CT molecular complexity index is 1010. The zero-order chi connectivity index (χ0) is 19.6. The zero-order valence-electron chi connectivity index (χ0n) is 15.4. The van der Waals surface area contributed by atoms with Gasteiger partial charge >= 0.3 is 5.97 Å². The number of H-pyrrole nitrogens is 1. The van der Waals surface area contributed by atoms with Crippen LogP contribution in [0.4, 0.5) is 4.39 Å². The van der Waals surface area contributed by atoms with E-state index in [1.54, 1.807) is 19.1 Å². The predicted molar refractivity (Wildman–Crippen MR) is 98.1 cm³/mol. The highest BCUT2D eigenvalue weighted by atomic mass is 19.1. The SMILES string of the molecule is CCOC(=O)c1c[nH]n2c(=O)cc(CN(C)[C@H](C)c3ccc(F)cc3)nc12. The van der Waals surface area contributed by atoms with Crippen LogP contribution >= 0.6 is 0 Å². The number of hydrogen-bond donors (Lipinski definition) is 1. The van der Waals surface area contributed by atoms with Gasteiger partial charge < -0.3 is 4.74 Å². The summed E-state index contributed by atoms with van der Waals surface area (Å²) in [6.45, 7) is 4.32. The third-order valence-electron chi connectivity index (χ3n) is 4.47. The lowest BCUT2D eigenvalue weighted by molar-refractivity contribution is 0.0528. The Morgan fingerprint density at radius 3 is 2.74 bits per heavy atom. The molecule has 0 aliphatic carbocycles. The van der Waals surface area contributed by atoms with Crippen LogP contribution in [0.1, 0.15) is 41.5 Å². The van der Waals surface area contributed by atoms with E-state index >= 15 is 0 Å². The molecule has 0 unspecified atom stereocenters. The lowest BCUT2D eigenvalue weighted by atomic mass is 10.1. The Kier molecular flexibility index (Phi) is 5.36. The highest BCUT2D eigenvalue weighted by molar-refractivity contribution is 5.95. The Balaban J connectivity index is 1.88. The molecular weight excluding hydrogens is 351 g/mol. The van der Waals surface area contributed by atoms with Crippen molar-refractivity contribution in [1.82, 2.24) is 19.5 Å². The Labute approximate surface area is 155 Å². The predicted octanol–water partition coefficient (Wildman–Crippen LogP) is 2.53. The maximum absolute atomic E-state index is 13.1. The Morgan fingerprint density at radius 1 is 1.37 bits per heavy atom. The molecule has 0 aliphatic heterocycles. The van der Waals surface area contributed by atoms with Crippen LogP contribution in [0.5, 0.6) is 0 Å². The van der Waals surface area contributed by atoms with Crippen molar-refractivity contribution in [3.8, 4) is 0 Å². The fourth-order valence-electron chi connectivity index (χ4n) is 2.86. The van der Waals surface area contributed by atoms with Crippen LogP contribution in [0.25, 0.3) is 5.65 Å². The summed E-state index contributed by atoms with van der Waals surface area (Å²) in [5.74, 6) is -0.818. The van der Waals surface area contributed by atoms with Crippen LogP contribution in [-0.4, -0.2) is 39.1 Å². The number of ether oxygens (including phenoxy) is 1. The molecule has 0 fully saturated rings. The molecule has 7 nitrogen and oxygen atoms in total. The van der Waals surface area contributed by atoms with E-state index < -0.39 is 5.97 Å². The number of benzene rings is 1. The first kappa shape index (κ1) is 18.8. The van der Waals surface area contributed by atoms with Crippen molar-refractivity contribution in [3.63, 3.8) is 0 Å². The van der Waals surface area contributed by atoms with Crippen molar-refractivity contribution in [2.45, 2.75) is 26.4 Å². The molecule has 1 atom stereocenters. The lowest BCUT2D eigenvalue weighted by Gasteiger charge is -2.24. The van der Waals surface area contributed by atoms with E-state index in [0.29, 0.717) is 12.2 Å².